The number of ether oxygens (including phenoxy) is 1. The van der Waals surface area contributed by atoms with E-state index in [1.165, 1.54) is 10.7 Å². The molecule has 1 heterocycles. The summed E-state index contributed by atoms with van der Waals surface area (Å²) in [6, 6.07) is 6.65. The molecule has 1 aromatic carbocycles. The number of methoxy groups -OCH3 is 1. The lowest BCUT2D eigenvalue weighted by atomic mass is 10.2. The second kappa shape index (κ2) is 4.55. The summed E-state index contributed by atoms with van der Waals surface area (Å²) in [5, 5.41) is 3.28. The summed E-state index contributed by atoms with van der Waals surface area (Å²) in [6.07, 6.45) is 0. The largest absolute Gasteiger partial charge is 0.496 e. The average Bonchev–Trinajstić information content (AvgIpc) is 2.60. The van der Waals surface area contributed by atoms with Crippen LogP contribution in [0.25, 0.3) is 0 Å². The van der Waals surface area contributed by atoms with Crippen molar-refractivity contribution in [2.75, 3.05) is 12.8 Å². The monoisotopic (exact) mass is 253 g/mol. The van der Waals surface area contributed by atoms with Crippen LogP contribution in [0.4, 0.5) is 5.82 Å². The number of nitrogens with two attached hydrogens (primary N) is 1. The normalized spacial score (nSPS) is 10.5. The number of hydrogen-bond donors (Lipinski definition) is 2. The number of hydrogen-bond acceptors (Lipinski definition) is 3. The van der Waals surface area contributed by atoms with Crippen molar-refractivity contribution in [3.8, 4) is 5.75 Å². The Morgan fingerprint density at radius 2 is 2.29 bits per heavy atom. The van der Waals surface area contributed by atoms with Gasteiger partial charge in [0.25, 0.3) is 5.56 Å². The quantitative estimate of drug-likeness (QED) is 0.870. The molecule has 0 radical (unpaired) electrons. The fourth-order valence-electron chi connectivity index (χ4n) is 1.61. The van der Waals surface area contributed by atoms with Crippen molar-refractivity contribution >= 4 is 17.4 Å². The third kappa shape index (κ3) is 2.29. The van der Waals surface area contributed by atoms with Gasteiger partial charge in [-0.2, -0.15) is 0 Å². The molecule has 2 rings (SSSR count). The van der Waals surface area contributed by atoms with Crippen molar-refractivity contribution in [2.45, 2.75) is 6.54 Å². The molecule has 0 aliphatic carbocycles. The van der Waals surface area contributed by atoms with E-state index in [4.69, 9.17) is 22.1 Å². The first kappa shape index (κ1) is 11.6. The maximum absolute atomic E-state index is 11.5. The molecular formula is C11H12ClN3O2. The van der Waals surface area contributed by atoms with Crippen molar-refractivity contribution < 1.29 is 4.74 Å². The number of aromatic amines is 1. The van der Waals surface area contributed by atoms with Crippen LogP contribution in [0.5, 0.6) is 5.75 Å². The molecule has 0 aliphatic rings. The van der Waals surface area contributed by atoms with Gasteiger partial charge in [-0.15, -0.1) is 0 Å². The van der Waals surface area contributed by atoms with Crippen LogP contribution in [-0.4, -0.2) is 16.9 Å². The van der Waals surface area contributed by atoms with Crippen molar-refractivity contribution in [1.82, 2.24) is 9.78 Å². The van der Waals surface area contributed by atoms with Crippen LogP contribution in [0.2, 0.25) is 5.02 Å². The Bertz CT molecular complexity index is 589. The SMILES string of the molecule is COc1cccc(Cl)c1Cn1[nH]c(N)cc1=O. The second-order valence-corrected chi connectivity index (χ2v) is 3.96. The Labute approximate surface area is 103 Å². The molecule has 1 aromatic heterocycles. The molecule has 6 heteroatoms. The van der Waals surface area contributed by atoms with Gasteiger partial charge >= 0.3 is 0 Å². The van der Waals surface area contributed by atoms with Gasteiger partial charge in [0.1, 0.15) is 11.6 Å². The van der Waals surface area contributed by atoms with Crippen LogP contribution in [0.3, 0.4) is 0 Å². The lowest BCUT2D eigenvalue weighted by Gasteiger charge is -2.10. The molecule has 3 N–H and O–H groups in total. The number of nitrogen functional groups attached to an aromatic ring is 1. The number of nitrogens with zero attached hydrogens (tertiary/aromatic N) is 1. The first-order valence-electron chi connectivity index (χ1n) is 4.98. The third-order valence-corrected chi connectivity index (χ3v) is 2.78. The van der Waals surface area contributed by atoms with E-state index < -0.39 is 0 Å². The maximum Gasteiger partial charge on any atom is 0.268 e. The molecular weight excluding hydrogens is 242 g/mol. The predicted octanol–water partition coefficient (Wildman–Crippen LogP) is 1.47. The minimum atomic E-state index is -0.204. The Hall–Kier alpha value is -1.88. The molecule has 0 aliphatic heterocycles. The summed E-state index contributed by atoms with van der Waals surface area (Å²) in [6.45, 7) is 0.291. The van der Waals surface area contributed by atoms with Crippen LogP contribution < -0.4 is 16.0 Å². The fourth-order valence-corrected chi connectivity index (χ4v) is 1.84. The maximum atomic E-state index is 11.5. The molecule has 2 aromatic rings. The Morgan fingerprint density at radius 1 is 1.53 bits per heavy atom. The second-order valence-electron chi connectivity index (χ2n) is 3.56. The highest BCUT2D eigenvalue weighted by Crippen LogP contribution is 2.26. The van der Waals surface area contributed by atoms with E-state index in [9.17, 15) is 4.79 Å². The zero-order chi connectivity index (χ0) is 12.4. The summed E-state index contributed by atoms with van der Waals surface area (Å²) in [7, 11) is 1.56. The van der Waals surface area contributed by atoms with Crippen molar-refractivity contribution in [3.63, 3.8) is 0 Å². The lowest BCUT2D eigenvalue weighted by Crippen LogP contribution is -2.17. The molecule has 0 saturated carbocycles. The predicted molar refractivity (Wildman–Crippen MR) is 66.6 cm³/mol. The zero-order valence-electron chi connectivity index (χ0n) is 9.24. The Kier molecular flexibility index (Phi) is 3.10. The molecule has 0 saturated heterocycles. The van der Waals surface area contributed by atoms with Gasteiger partial charge in [-0.25, -0.2) is 4.68 Å². The standard InChI is InChI=1S/C11H12ClN3O2/c1-17-9-4-2-3-8(12)7(9)6-15-11(16)5-10(13)14-15/h2-5,14H,6,13H2,1H3. The number of anilines is 1. The number of rotatable bonds is 3. The van der Waals surface area contributed by atoms with Crippen molar-refractivity contribution in [2.24, 2.45) is 0 Å². The molecule has 5 nitrogen and oxygen atoms in total. The van der Waals surface area contributed by atoms with E-state index in [1.54, 1.807) is 25.3 Å². The number of H-pyrrole nitrogens is 1. The smallest absolute Gasteiger partial charge is 0.268 e. The molecule has 17 heavy (non-hydrogen) atoms. The first-order valence-corrected chi connectivity index (χ1v) is 5.36. The van der Waals surface area contributed by atoms with E-state index in [1.807, 2.05) is 0 Å². The van der Waals surface area contributed by atoms with E-state index >= 15 is 0 Å². The van der Waals surface area contributed by atoms with Gasteiger partial charge in [0, 0.05) is 16.7 Å². The van der Waals surface area contributed by atoms with Crippen LogP contribution in [0, 0.1) is 0 Å². The minimum absolute atomic E-state index is 0.204. The third-order valence-electron chi connectivity index (χ3n) is 2.42. The molecule has 90 valence electrons. The first-order chi connectivity index (χ1) is 8.11. The average molecular weight is 254 g/mol. The van der Waals surface area contributed by atoms with Crippen molar-refractivity contribution in [3.05, 3.63) is 45.2 Å². The van der Waals surface area contributed by atoms with Gasteiger partial charge in [0.05, 0.1) is 13.7 Å². The van der Waals surface area contributed by atoms with Gasteiger partial charge in [-0.1, -0.05) is 17.7 Å². The zero-order valence-corrected chi connectivity index (χ0v) is 9.99. The fraction of sp³-hybridized carbons (Fsp3) is 0.182. The lowest BCUT2D eigenvalue weighted by molar-refractivity contribution is 0.407. The van der Waals surface area contributed by atoms with Crippen LogP contribution in [-0.2, 0) is 6.54 Å². The number of halogens is 1. The summed E-state index contributed by atoms with van der Waals surface area (Å²) in [5.74, 6) is 0.957. The van der Waals surface area contributed by atoms with Crippen molar-refractivity contribution in [1.29, 1.82) is 0 Å². The van der Waals surface area contributed by atoms with Crippen LogP contribution in [0.1, 0.15) is 5.56 Å². The number of nitrogens with one attached hydrogen (secondary N) is 1. The highest BCUT2D eigenvalue weighted by atomic mass is 35.5. The molecule has 0 unspecified atom stereocenters. The van der Waals surface area contributed by atoms with Gasteiger partial charge in [0.2, 0.25) is 0 Å². The minimum Gasteiger partial charge on any atom is -0.496 e. The van der Waals surface area contributed by atoms with Gasteiger partial charge in [0.15, 0.2) is 0 Å². The van der Waals surface area contributed by atoms with Crippen LogP contribution >= 0.6 is 11.6 Å². The topological polar surface area (TPSA) is 73.0 Å². The van der Waals surface area contributed by atoms with Gasteiger partial charge < -0.3 is 10.5 Å². The van der Waals surface area contributed by atoms with Gasteiger partial charge in [-0.05, 0) is 12.1 Å². The number of aromatic nitrogens is 2. The Morgan fingerprint density at radius 3 is 2.88 bits per heavy atom. The van der Waals surface area contributed by atoms with E-state index in [-0.39, 0.29) is 5.56 Å². The Balaban J connectivity index is 2.42. The molecule has 0 fully saturated rings. The molecule has 0 bridgehead atoms. The summed E-state index contributed by atoms with van der Waals surface area (Å²) in [4.78, 5) is 11.5. The van der Waals surface area contributed by atoms with Gasteiger partial charge in [-0.3, -0.25) is 9.89 Å². The van der Waals surface area contributed by atoms with Crippen LogP contribution in [0.15, 0.2) is 29.1 Å². The molecule has 0 spiro atoms. The van der Waals surface area contributed by atoms with E-state index in [0.717, 1.165) is 5.56 Å². The summed E-state index contributed by atoms with van der Waals surface area (Å²) >= 11 is 6.08. The number of benzene rings is 1. The summed E-state index contributed by atoms with van der Waals surface area (Å²) in [5.41, 5.74) is 6.03. The van der Waals surface area contributed by atoms with E-state index in [2.05, 4.69) is 5.10 Å². The summed E-state index contributed by atoms with van der Waals surface area (Å²) < 4.78 is 6.57. The molecule has 0 amide bonds. The van der Waals surface area contributed by atoms with E-state index in [0.29, 0.717) is 23.1 Å². The molecule has 0 atom stereocenters. The highest BCUT2D eigenvalue weighted by Gasteiger charge is 2.10. The highest BCUT2D eigenvalue weighted by molar-refractivity contribution is 6.31.